The second-order valence-corrected chi connectivity index (χ2v) is 9.79. The molecule has 0 atom stereocenters. The van der Waals surface area contributed by atoms with E-state index in [1.807, 2.05) is 53.8 Å². The predicted molar refractivity (Wildman–Crippen MR) is 186 cm³/mol. The quantitative estimate of drug-likeness (QED) is 0.276. The molecule has 0 aromatic heterocycles. The molecule has 0 fully saturated rings. The zero-order valence-corrected chi connectivity index (χ0v) is 29.4. The average molecular weight is 592 g/mol. The van der Waals surface area contributed by atoms with Crippen LogP contribution in [0.5, 0.6) is 0 Å². The van der Waals surface area contributed by atoms with Crippen LogP contribution in [0.15, 0.2) is 79.5 Å². The topological polar surface area (TPSA) is 3.24 Å². The zero-order chi connectivity index (χ0) is 33.7. The molecule has 0 aliphatic heterocycles. The Morgan fingerprint density at radius 3 is 1.60 bits per heavy atom. The summed E-state index contributed by atoms with van der Waals surface area (Å²) in [6, 6.07) is 13.6. The van der Waals surface area contributed by atoms with Gasteiger partial charge in [-0.15, -0.1) is 0 Å². The van der Waals surface area contributed by atoms with Gasteiger partial charge in [-0.2, -0.15) is 13.2 Å². The molecule has 1 nitrogen and oxygen atoms in total. The van der Waals surface area contributed by atoms with E-state index in [1.54, 1.807) is 11.0 Å². The first kappa shape index (κ1) is 46.2. The molecule has 0 unspecified atom stereocenters. The van der Waals surface area contributed by atoms with E-state index < -0.39 is 11.7 Å². The molecule has 0 radical (unpaired) electrons. The predicted octanol–water partition coefficient (Wildman–Crippen LogP) is 13.7. The van der Waals surface area contributed by atoms with Crippen LogP contribution in [0.1, 0.15) is 124 Å². The molecule has 242 valence electrons. The summed E-state index contributed by atoms with van der Waals surface area (Å²) < 4.78 is 38.3. The molecule has 0 saturated carbocycles. The van der Waals surface area contributed by atoms with E-state index in [0.29, 0.717) is 17.8 Å². The van der Waals surface area contributed by atoms with Crippen LogP contribution in [0.4, 0.5) is 13.2 Å². The lowest BCUT2D eigenvalue weighted by molar-refractivity contribution is -0.137. The number of halogens is 3. The van der Waals surface area contributed by atoms with Crippen molar-refractivity contribution in [2.75, 3.05) is 6.54 Å². The Morgan fingerprint density at radius 2 is 1.29 bits per heavy atom. The monoisotopic (exact) mass is 591 g/mol. The summed E-state index contributed by atoms with van der Waals surface area (Å²) in [5.41, 5.74) is 3.94. The van der Waals surface area contributed by atoms with Crippen LogP contribution in [0, 0.1) is 19.8 Å². The molecule has 0 N–H and O–H groups in total. The van der Waals surface area contributed by atoms with Crippen LogP contribution in [-0.2, 0) is 6.18 Å². The smallest absolute Gasteiger partial charge is 0.344 e. The number of benzene rings is 2. The van der Waals surface area contributed by atoms with E-state index in [0.717, 1.165) is 30.0 Å². The lowest BCUT2D eigenvalue weighted by Gasteiger charge is -2.24. The van der Waals surface area contributed by atoms with Crippen LogP contribution < -0.4 is 0 Å². The van der Waals surface area contributed by atoms with Crippen LogP contribution in [-0.4, -0.2) is 11.4 Å². The Balaban J connectivity index is -0.000000280. The summed E-state index contributed by atoms with van der Waals surface area (Å²) in [4.78, 5) is 1.81. The molecule has 2 aromatic carbocycles. The minimum absolute atomic E-state index is 0.451. The standard InChI is InChI=1S/C17H20F3N.C8H10.C5H12.C4H10.2C2H6/c1-5-6-10-21(12-13(2)3)14(4)15-8-7-9-16(11-15)17(18,19)20;1-7-5-3-4-6-8(7)2;1-4-5(2)3;1-3-4-2;2*1-2/h6-11H,2,4-5,12H2,1,3H3;3-6H,1-2H3;5H,4H2,1-3H3;3-4H2,1-2H3;2*1-2H3/b10-6-;;;;;. The van der Waals surface area contributed by atoms with Gasteiger partial charge in [-0.05, 0) is 61.9 Å². The summed E-state index contributed by atoms with van der Waals surface area (Å²) in [5.74, 6) is 0.884. The molecule has 0 spiro atoms. The van der Waals surface area contributed by atoms with Gasteiger partial charge in [0.25, 0.3) is 0 Å². The van der Waals surface area contributed by atoms with Gasteiger partial charge < -0.3 is 4.90 Å². The van der Waals surface area contributed by atoms with Gasteiger partial charge in [0.05, 0.1) is 5.56 Å². The highest BCUT2D eigenvalue weighted by atomic mass is 19.4. The van der Waals surface area contributed by atoms with Crippen molar-refractivity contribution in [2.24, 2.45) is 5.92 Å². The first-order valence-electron chi connectivity index (χ1n) is 15.7. The number of unbranched alkanes of at least 4 members (excludes halogenated alkanes) is 1. The maximum atomic E-state index is 12.8. The van der Waals surface area contributed by atoms with Crippen molar-refractivity contribution >= 4 is 5.70 Å². The third kappa shape index (κ3) is 26.2. The van der Waals surface area contributed by atoms with Crippen LogP contribution in [0.2, 0.25) is 0 Å². The molecule has 0 aliphatic carbocycles. The van der Waals surface area contributed by atoms with Crippen molar-refractivity contribution in [1.82, 2.24) is 4.90 Å². The second-order valence-electron chi connectivity index (χ2n) is 9.79. The van der Waals surface area contributed by atoms with Gasteiger partial charge in [0, 0.05) is 18.4 Å². The summed E-state index contributed by atoms with van der Waals surface area (Å²) >= 11 is 0. The van der Waals surface area contributed by atoms with E-state index in [-0.39, 0.29) is 0 Å². The molecular weight excluding hydrogens is 527 g/mol. The summed E-state index contributed by atoms with van der Waals surface area (Å²) in [6.07, 6.45) is 4.19. The molecule has 0 saturated heterocycles. The highest BCUT2D eigenvalue weighted by Crippen LogP contribution is 2.31. The normalized spacial score (nSPS) is 9.74. The lowest BCUT2D eigenvalue weighted by atomic mass is 10.1. The Kier molecular flexibility index (Phi) is 32.7. The number of alkyl halides is 3. The van der Waals surface area contributed by atoms with Crippen molar-refractivity contribution in [1.29, 1.82) is 0 Å². The minimum atomic E-state index is -4.35. The van der Waals surface area contributed by atoms with E-state index in [9.17, 15) is 13.2 Å². The molecule has 2 aromatic rings. The van der Waals surface area contributed by atoms with Gasteiger partial charge in [0.1, 0.15) is 0 Å². The summed E-state index contributed by atoms with van der Waals surface area (Å²) in [6.45, 7) is 35.4. The van der Waals surface area contributed by atoms with E-state index in [4.69, 9.17) is 0 Å². The number of aryl methyl sites for hydroxylation is 2. The molecule has 42 heavy (non-hydrogen) atoms. The maximum Gasteiger partial charge on any atom is 0.416 e. The lowest BCUT2D eigenvalue weighted by Crippen LogP contribution is -2.17. The van der Waals surface area contributed by atoms with Crippen molar-refractivity contribution in [2.45, 2.75) is 122 Å². The number of rotatable bonds is 8. The maximum absolute atomic E-state index is 12.8. The van der Waals surface area contributed by atoms with E-state index in [1.165, 1.54) is 36.5 Å². The highest BCUT2D eigenvalue weighted by molar-refractivity contribution is 5.63. The minimum Gasteiger partial charge on any atom is -0.344 e. The van der Waals surface area contributed by atoms with Gasteiger partial charge in [-0.1, -0.05) is 150 Å². The van der Waals surface area contributed by atoms with Crippen LogP contribution >= 0.6 is 0 Å². The number of hydrogen-bond acceptors (Lipinski definition) is 1. The molecular formula is C38H64F3N. The van der Waals surface area contributed by atoms with Crippen molar-refractivity contribution in [3.63, 3.8) is 0 Å². The van der Waals surface area contributed by atoms with Crippen LogP contribution in [0.3, 0.4) is 0 Å². The third-order valence-electron chi connectivity index (χ3n) is 5.57. The molecule has 0 aliphatic rings. The summed E-state index contributed by atoms with van der Waals surface area (Å²) in [7, 11) is 0. The Labute approximate surface area is 259 Å². The van der Waals surface area contributed by atoms with E-state index >= 15 is 0 Å². The first-order valence-corrected chi connectivity index (χ1v) is 15.7. The summed E-state index contributed by atoms with van der Waals surface area (Å²) in [5, 5.41) is 0. The Bertz CT molecular complexity index is 916. The molecule has 2 rings (SSSR count). The van der Waals surface area contributed by atoms with Crippen LogP contribution in [0.25, 0.3) is 5.70 Å². The highest BCUT2D eigenvalue weighted by Gasteiger charge is 2.30. The number of nitrogens with zero attached hydrogens (tertiary/aromatic N) is 1. The average Bonchev–Trinajstić information content (AvgIpc) is 2.98. The van der Waals surface area contributed by atoms with Crippen molar-refractivity contribution in [3.05, 3.63) is 102 Å². The SMILES string of the molecule is C=C(C)CN(/C=C\CC)C(=C)c1cccc(C(F)(F)F)c1.CC.CC.CCC(C)C.CCCC.Cc1ccccc1C. The Hall–Kier alpha value is -2.75. The molecule has 0 bridgehead atoms. The second kappa shape index (κ2) is 29.7. The number of hydrogen-bond donors (Lipinski definition) is 0. The van der Waals surface area contributed by atoms with Gasteiger partial charge >= 0.3 is 6.18 Å². The fourth-order valence-electron chi connectivity index (χ4n) is 2.47. The largest absolute Gasteiger partial charge is 0.416 e. The van der Waals surface area contributed by atoms with E-state index in [2.05, 4.69) is 85.9 Å². The van der Waals surface area contributed by atoms with Crippen molar-refractivity contribution < 1.29 is 13.2 Å². The van der Waals surface area contributed by atoms with Gasteiger partial charge in [-0.3, -0.25) is 0 Å². The fraction of sp³-hybridized carbons (Fsp3) is 0.526. The fourth-order valence-corrected chi connectivity index (χ4v) is 2.47. The molecule has 0 heterocycles. The van der Waals surface area contributed by atoms with Gasteiger partial charge in [-0.25, -0.2) is 0 Å². The Morgan fingerprint density at radius 1 is 0.833 bits per heavy atom. The zero-order valence-electron chi connectivity index (χ0n) is 29.4. The van der Waals surface area contributed by atoms with Crippen molar-refractivity contribution in [3.8, 4) is 0 Å². The van der Waals surface area contributed by atoms with Gasteiger partial charge in [0.2, 0.25) is 0 Å². The molecule has 4 heteroatoms. The number of allylic oxidation sites excluding steroid dienone is 1. The third-order valence-corrected chi connectivity index (χ3v) is 5.57. The first-order chi connectivity index (χ1) is 19.7. The van der Waals surface area contributed by atoms with Gasteiger partial charge in [0.15, 0.2) is 0 Å². The molecule has 0 amide bonds.